The molecule has 0 saturated heterocycles. The molecule has 50 heavy (non-hydrogen) atoms. The van der Waals surface area contributed by atoms with E-state index in [1.54, 1.807) is 7.11 Å². The van der Waals surface area contributed by atoms with Crippen molar-refractivity contribution in [2.45, 2.75) is 91.6 Å². The average molecular weight is 682 g/mol. The molecule has 266 valence electrons. The number of pyridine rings is 1. The zero-order valence-corrected chi connectivity index (χ0v) is 30.5. The zero-order chi connectivity index (χ0) is 35.7. The standard InChI is InChI=1S/C42H51NO7/c1-8-46-40(47-9-2)27-48-31-22-19-29(20-23-31)32-14-11-15-33(28(32)3)34-16-12-17-36-35(34)24-25-37(36)49-38-26-21-30(41(43-38)45-7)13-10-18-39(44)50-42(4,5)6/h11-12,14-17,19-23,26,37,40H,8-10,13,18,24-25,27H2,1-7H3/t37-/m0/s1. The van der Waals surface area contributed by atoms with Crippen LogP contribution < -0.4 is 14.2 Å². The average Bonchev–Trinajstić information content (AvgIpc) is 3.50. The lowest BCUT2D eigenvalue weighted by Crippen LogP contribution is -2.25. The zero-order valence-electron chi connectivity index (χ0n) is 30.5. The molecule has 0 N–H and O–H groups in total. The Morgan fingerprint density at radius 1 is 0.900 bits per heavy atom. The predicted octanol–water partition coefficient (Wildman–Crippen LogP) is 9.24. The van der Waals surface area contributed by atoms with Gasteiger partial charge < -0.3 is 28.4 Å². The van der Waals surface area contributed by atoms with E-state index in [9.17, 15) is 4.79 Å². The lowest BCUT2D eigenvalue weighted by atomic mass is 9.89. The summed E-state index contributed by atoms with van der Waals surface area (Å²) in [7, 11) is 1.61. The summed E-state index contributed by atoms with van der Waals surface area (Å²) in [6, 6.07) is 25.1. The first-order valence-electron chi connectivity index (χ1n) is 17.7. The molecule has 0 fully saturated rings. The molecule has 0 radical (unpaired) electrons. The fourth-order valence-corrected chi connectivity index (χ4v) is 6.49. The van der Waals surface area contributed by atoms with E-state index in [4.69, 9.17) is 28.4 Å². The summed E-state index contributed by atoms with van der Waals surface area (Å²) < 4.78 is 34.7. The topological polar surface area (TPSA) is 85.3 Å². The van der Waals surface area contributed by atoms with Gasteiger partial charge in [-0.1, -0.05) is 48.5 Å². The first-order chi connectivity index (χ1) is 24.1. The molecule has 5 rings (SSSR count). The Kier molecular flexibility index (Phi) is 12.5. The van der Waals surface area contributed by atoms with Crippen molar-refractivity contribution in [2.24, 2.45) is 0 Å². The normalized spacial score (nSPS) is 14.0. The third-order valence-electron chi connectivity index (χ3n) is 8.71. The number of methoxy groups -OCH3 is 1. The monoisotopic (exact) mass is 681 g/mol. The number of carbonyl (C=O) groups is 1. The molecular weight excluding hydrogens is 630 g/mol. The molecule has 0 amide bonds. The highest BCUT2D eigenvalue weighted by molar-refractivity contribution is 5.80. The Bertz CT molecular complexity index is 1720. The highest BCUT2D eigenvalue weighted by Crippen LogP contribution is 2.42. The van der Waals surface area contributed by atoms with Crippen LogP contribution >= 0.6 is 0 Å². The summed E-state index contributed by atoms with van der Waals surface area (Å²) in [5.74, 6) is 1.62. The third-order valence-corrected chi connectivity index (χ3v) is 8.71. The number of nitrogens with zero attached hydrogens (tertiary/aromatic N) is 1. The van der Waals surface area contributed by atoms with E-state index in [0.717, 1.165) is 29.7 Å². The van der Waals surface area contributed by atoms with Crippen molar-refractivity contribution in [3.05, 3.63) is 95.1 Å². The van der Waals surface area contributed by atoms with Crippen LogP contribution in [0.2, 0.25) is 0 Å². The van der Waals surface area contributed by atoms with Gasteiger partial charge in [-0.15, -0.1) is 0 Å². The van der Waals surface area contributed by atoms with Crippen LogP contribution in [0, 0.1) is 6.92 Å². The number of aryl methyl sites for hydroxylation is 1. The quantitative estimate of drug-likeness (QED) is 0.0855. The Hall–Kier alpha value is -4.40. The van der Waals surface area contributed by atoms with Gasteiger partial charge in [0.1, 0.15) is 24.1 Å². The minimum Gasteiger partial charge on any atom is -0.488 e. The molecule has 0 bridgehead atoms. The molecule has 1 atom stereocenters. The van der Waals surface area contributed by atoms with Crippen molar-refractivity contribution < 1.29 is 33.2 Å². The number of hydrogen-bond donors (Lipinski definition) is 0. The third kappa shape index (κ3) is 9.43. The number of ether oxygens (including phenoxy) is 6. The highest BCUT2D eigenvalue weighted by Gasteiger charge is 2.28. The summed E-state index contributed by atoms with van der Waals surface area (Å²) >= 11 is 0. The van der Waals surface area contributed by atoms with Crippen LogP contribution in [-0.2, 0) is 31.8 Å². The van der Waals surface area contributed by atoms with Gasteiger partial charge in [-0.25, -0.2) is 0 Å². The Balaban J connectivity index is 1.27. The van der Waals surface area contributed by atoms with E-state index in [1.165, 1.54) is 33.4 Å². The first kappa shape index (κ1) is 36.9. The molecule has 1 aliphatic rings. The predicted molar refractivity (Wildman–Crippen MR) is 196 cm³/mol. The molecule has 0 spiro atoms. The second-order valence-electron chi connectivity index (χ2n) is 13.4. The largest absolute Gasteiger partial charge is 0.488 e. The molecule has 1 heterocycles. The highest BCUT2D eigenvalue weighted by atomic mass is 16.7. The van der Waals surface area contributed by atoms with E-state index in [2.05, 4.69) is 60.4 Å². The fourth-order valence-electron chi connectivity index (χ4n) is 6.49. The molecule has 3 aromatic carbocycles. The molecule has 4 aromatic rings. The summed E-state index contributed by atoms with van der Waals surface area (Å²) in [5.41, 5.74) is 8.93. The molecule has 8 nitrogen and oxygen atoms in total. The van der Waals surface area contributed by atoms with Crippen molar-refractivity contribution in [1.82, 2.24) is 4.98 Å². The van der Waals surface area contributed by atoms with E-state index in [1.807, 2.05) is 58.9 Å². The fraction of sp³-hybridized carbons (Fsp3) is 0.429. The van der Waals surface area contributed by atoms with Gasteiger partial charge in [0.25, 0.3) is 0 Å². The van der Waals surface area contributed by atoms with Gasteiger partial charge in [0.2, 0.25) is 11.8 Å². The molecule has 1 aromatic heterocycles. The van der Waals surface area contributed by atoms with Crippen LogP contribution in [0.3, 0.4) is 0 Å². The van der Waals surface area contributed by atoms with Crippen molar-refractivity contribution in [3.63, 3.8) is 0 Å². The number of aromatic nitrogens is 1. The summed E-state index contributed by atoms with van der Waals surface area (Å²) in [6.07, 6.45) is 2.93. The maximum absolute atomic E-state index is 12.1. The molecule has 1 aliphatic carbocycles. The van der Waals surface area contributed by atoms with Crippen LogP contribution in [0.15, 0.2) is 72.8 Å². The number of rotatable bonds is 16. The number of esters is 1. The minimum absolute atomic E-state index is 0.110. The second-order valence-corrected chi connectivity index (χ2v) is 13.4. The van der Waals surface area contributed by atoms with Crippen LogP contribution in [0.25, 0.3) is 22.3 Å². The molecular formula is C42H51NO7. The van der Waals surface area contributed by atoms with Gasteiger partial charge in [0.05, 0.1) is 7.11 Å². The number of carbonyl (C=O) groups excluding carboxylic acids is 1. The van der Waals surface area contributed by atoms with Gasteiger partial charge in [0, 0.05) is 31.3 Å². The van der Waals surface area contributed by atoms with Crippen molar-refractivity contribution in [1.29, 1.82) is 0 Å². The lowest BCUT2D eigenvalue weighted by molar-refractivity contribution is -0.154. The summed E-state index contributed by atoms with van der Waals surface area (Å²) in [4.78, 5) is 16.8. The molecule has 0 aliphatic heterocycles. The van der Waals surface area contributed by atoms with Crippen LogP contribution in [0.4, 0.5) is 0 Å². The van der Waals surface area contributed by atoms with Crippen LogP contribution in [0.5, 0.6) is 17.5 Å². The van der Waals surface area contributed by atoms with Gasteiger partial charge in [-0.05, 0) is 124 Å². The molecule has 0 saturated carbocycles. The molecule has 0 unspecified atom stereocenters. The van der Waals surface area contributed by atoms with Gasteiger partial charge in [0.15, 0.2) is 6.29 Å². The maximum atomic E-state index is 12.1. The number of hydrogen-bond acceptors (Lipinski definition) is 8. The van der Waals surface area contributed by atoms with Crippen LogP contribution in [-0.4, -0.2) is 49.8 Å². The van der Waals surface area contributed by atoms with Gasteiger partial charge >= 0.3 is 5.97 Å². The molecule has 8 heteroatoms. The number of fused-ring (bicyclic) bond motifs is 1. The van der Waals surface area contributed by atoms with Crippen molar-refractivity contribution in [3.8, 4) is 39.8 Å². The Labute approximate surface area is 297 Å². The van der Waals surface area contributed by atoms with E-state index in [-0.39, 0.29) is 18.4 Å². The van der Waals surface area contributed by atoms with E-state index < -0.39 is 5.60 Å². The number of benzene rings is 3. The summed E-state index contributed by atoms with van der Waals surface area (Å²) in [5, 5.41) is 0. The Morgan fingerprint density at radius 3 is 2.30 bits per heavy atom. The van der Waals surface area contributed by atoms with Gasteiger partial charge in [-0.2, -0.15) is 4.98 Å². The Morgan fingerprint density at radius 2 is 1.60 bits per heavy atom. The lowest BCUT2D eigenvalue weighted by Gasteiger charge is -2.19. The van der Waals surface area contributed by atoms with Crippen molar-refractivity contribution >= 4 is 5.97 Å². The minimum atomic E-state index is -0.486. The first-order valence-corrected chi connectivity index (χ1v) is 17.7. The van der Waals surface area contributed by atoms with Crippen molar-refractivity contribution in [2.75, 3.05) is 26.9 Å². The SMILES string of the molecule is CCOC(COc1ccc(-c2cccc(-c3cccc4c3CC[C@@H]4Oc3ccc(CCCC(=O)OC(C)(C)C)c(OC)n3)c2C)cc1)OCC. The summed E-state index contributed by atoms with van der Waals surface area (Å²) in [6.45, 7) is 13.2. The smallest absolute Gasteiger partial charge is 0.306 e. The van der Waals surface area contributed by atoms with E-state index >= 15 is 0 Å². The van der Waals surface area contributed by atoms with E-state index in [0.29, 0.717) is 50.8 Å². The van der Waals surface area contributed by atoms with Crippen LogP contribution in [0.1, 0.15) is 82.2 Å². The second kappa shape index (κ2) is 17.0. The van der Waals surface area contributed by atoms with Gasteiger partial charge in [-0.3, -0.25) is 4.79 Å². The maximum Gasteiger partial charge on any atom is 0.306 e.